The highest BCUT2D eigenvalue weighted by atomic mass is 16.5. The van der Waals surface area contributed by atoms with E-state index in [1.54, 1.807) is 32.2 Å². The van der Waals surface area contributed by atoms with Gasteiger partial charge in [0, 0.05) is 44.9 Å². The zero-order chi connectivity index (χ0) is 23.5. The van der Waals surface area contributed by atoms with Gasteiger partial charge in [-0.05, 0) is 36.8 Å². The first-order valence-corrected chi connectivity index (χ1v) is 11.0. The van der Waals surface area contributed by atoms with E-state index < -0.39 is 5.76 Å². The Hall–Kier alpha value is -3.59. The Morgan fingerprint density at radius 1 is 1.15 bits per heavy atom. The number of ether oxygens (including phenoxy) is 1. The minimum Gasteiger partial charge on any atom is -0.497 e. The first-order chi connectivity index (χ1) is 15.9. The Balaban J connectivity index is 1.44. The number of aromatic nitrogens is 1. The fourth-order valence-electron chi connectivity index (χ4n) is 4.32. The van der Waals surface area contributed by atoms with Crippen LogP contribution in [0.3, 0.4) is 0 Å². The van der Waals surface area contributed by atoms with Crippen LogP contribution >= 0.6 is 0 Å². The molecular weight excluding hydrogens is 424 g/mol. The van der Waals surface area contributed by atoms with E-state index >= 15 is 0 Å². The number of amides is 2. The molecule has 0 aliphatic carbocycles. The molecule has 1 fully saturated rings. The molecule has 4 rings (SSSR count). The third-order valence-electron chi connectivity index (χ3n) is 6.00. The van der Waals surface area contributed by atoms with Crippen molar-refractivity contribution in [1.29, 1.82) is 0 Å². The number of rotatable bonds is 6. The second-order valence-electron chi connectivity index (χ2n) is 8.08. The molecule has 0 bridgehead atoms. The van der Waals surface area contributed by atoms with Crippen molar-refractivity contribution in [2.75, 3.05) is 38.6 Å². The molecule has 1 aliphatic heterocycles. The number of benzene rings is 2. The standard InChI is InChI=1S/C24H28N4O5/c1-4-27-20-10-7-18(13-22(20)33-24(27)31)25-23(30)15-26-11-12-28(16(2)29)21(14-26)17-5-8-19(32-3)9-6-17/h5-10,13,21H,4,11-12,14-15H2,1-3H3,(H,25,30). The molecule has 2 heterocycles. The van der Waals surface area contributed by atoms with Crippen LogP contribution in [-0.2, 0) is 16.1 Å². The minimum absolute atomic E-state index is 0.00808. The van der Waals surface area contributed by atoms with Gasteiger partial charge in [-0.25, -0.2) is 4.79 Å². The second-order valence-corrected chi connectivity index (χ2v) is 8.08. The van der Waals surface area contributed by atoms with Crippen LogP contribution in [0.25, 0.3) is 11.1 Å². The number of nitrogens with zero attached hydrogens (tertiary/aromatic N) is 3. The molecule has 9 nitrogen and oxygen atoms in total. The third-order valence-corrected chi connectivity index (χ3v) is 6.00. The third kappa shape index (κ3) is 4.78. The number of carbonyl (C=O) groups excluding carboxylic acids is 2. The maximum Gasteiger partial charge on any atom is 0.419 e. The average Bonchev–Trinajstić information content (AvgIpc) is 3.12. The lowest BCUT2D eigenvalue weighted by Crippen LogP contribution is -2.51. The summed E-state index contributed by atoms with van der Waals surface area (Å²) in [4.78, 5) is 40.7. The summed E-state index contributed by atoms with van der Waals surface area (Å²) in [5, 5.41) is 2.88. The molecule has 1 aliphatic rings. The molecule has 33 heavy (non-hydrogen) atoms. The van der Waals surface area contributed by atoms with Crippen LogP contribution in [0.15, 0.2) is 51.7 Å². The van der Waals surface area contributed by atoms with Crippen LogP contribution in [0, 0.1) is 0 Å². The zero-order valence-corrected chi connectivity index (χ0v) is 19.0. The van der Waals surface area contributed by atoms with Crippen LogP contribution in [0.2, 0.25) is 0 Å². The first kappa shape index (κ1) is 22.6. The van der Waals surface area contributed by atoms with Crippen LogP contribution in [0.4, 0.5) is 5.69 Å². The molecule has 1 N–H and O–H groups in total. The fraction of sp³-hybridized carbons (Fsp3) is 0.375. The molecule has 2 aromatic carbocycles. The molecule has 1 unspecified atom stereocenters. The van der Waals surface area contributed by atoms with Crippen molar-refractivity contribution in [3.8, 4) is 5.75 Å². The van der Waals surface area contributed by atoms with Gasteiger partial charge >= 0.3 is 5.76 Å². The maximum atomic E-state index is 12.7. The predicted molar refractivity (Wildman–Crippen MR) is 124 cm³/mol. The fourth-order valence-corrected chi connectivity index (χ4v) is 4.32. The highest BCUT2D eigenvalue weighted by Crippen LogP contribution is 2.27. The molecule has 9 heteroatoms. The lowest BCUT2D eigenvalue weighted by atomic mass is 10.0. The van der Waals surface area contributed by atoms with Gasteiger partial charge < -0.3 is 19.4 Å². The average molecular weight is 453 g/mol. The monoisotopic (exact) mass is 452 g/mol. The number of hydrogen-bond donors (Lipinski definition) is 1. The molecule has 1 saturated heterocycles. The van der Waals surface area contributed by atoms with Crippen LogP contribution in [0.1, 0.15) is 25.5 Å². The summed E-state index contributed by atoms with van der Waals surface area (Å²) in [5.41, 5.74) is 2.70. The lowest BCUT2D eigenvalue weighted by molar-refractivity contribution is -0.134. The normalized spacial score (nSPS) is 16.7. The van der Waals surface area contributed by atoms with E-state index in [2.05, 4.69) is 5.32 Å². The van der Waals surface area contributed by atoms with E-state index in [0.717, 1.165) is 11.3 Å². The number of hydrogen-bond acceptors (Lipinski definition) is 6. The van der Waals surface area contributed by atoms with Gasteiger partial charge in [0.15, 0.2) is 5.58 Å². The largest absolute Gasteiger partial charge is 0.497 e. The molecule has 2 amide bonds. The maximum absolute atomic E-state index is 12.7. The van der Waals surface area contributed by atoms with Crippen molar-refractivity contribution in [2.24, 2.45) is 0 Å². The molecule has 174 valence electrons. The molecule has 1 aromatic heterocycles. The quantitative estimate of drug-likeness (QED) is 0.617. The zero-order valence-electron chi connectivity index (χ0n) is 19.0. The number of carbonyl (C=O) groups is 2. The van der Waals surface area contributed by atoms with Crippen molar-refractivity contribution in [3.05, 3.63) is 58.6 Å². The summed E-state index contributed by atoms with van der Waals surface area (Å²) in [6.07, 6.45) is 0. The SMILES string of the molecule is CCn1c(=O)oc2cc(NC(=O)CN3CCN(C(C)=O)C(c4ccc(OC)cc4)C3)ccc21. The van der Waals surface area contributed by atoms with Crippen molar-refractivity contribution >= 4 is 28.6 Å². The van der Waals surface area contributed by atoms with E-state index in [4.69, 9.17) is 9.15 Å². The minimum atomic E-state index is -0.413. The molecule has 0 radical (unpaired) electrons. The highest BCUT2D eigenvalue weighted by molar-refractivity contribution is 5.94. The number of aryl methyl sites for hydroxylation is 1. The van der Waals surface area contributed by atoms with Crippen molar-refractivity contribution < 1.29 is 18.7 Å². The summed E-state index contributed by atoms with van der Waals surface area (Å²) in [7, 11) is 1.61. The summed E-state index contributed by atoms with van der Waals surface area (Å²) in [6, 6.07) is 12.7. The van der Waals surface area contributed by atoms with E-state index in [1.165, 1.54) is 4.57 Å². The van der Waals surface area contributed by atoms with E-state index in [-0.39, 0.29) is 24.4 Å². The van der Waals surface area contributed by atoms with E-state index in [9.17, 15) is 14.4 Å². The molecule has 1 atom stereocenters. The molecular formula is C24H28N4O5. The number of nitrogens with one attached hydrogen (secondary N) is 1. The number of anilines is 1. The predicted octanol–water partition coefficient (Wildman–Crippen LogP) is 2.47. The van der Waals surface area contributed by atoms with Gasteiger partial charge in [0.25, 0.3) is 0 Å². The van der Waals surface area contributed by atoms with Gasteiger partial charge in [-0.2, -0.15) is 0 Å². The van der Waals surface area contributed by atoms with Crippen molar-refractivity contribution in [2.45, 2.75) is 26.4 Å². The van der Waals surface area contributed by atoms with Crippen molar-refractivity contribution in [3.63, 3.8) is 0 Å². The summed E-state index contributed by atoms with van der Waals surface area (Å²) < 4.78 is 12.0. The van der Waals surface area contributed by atoms with Crippen molar-refractivity contribution in [1.82, 2.24) is 14.4 Å². The Bertz CT molecular complexity index is 1210. The number of fused-ring (bicyclic) bond motifs is 1. The molecule has 3 aromatic rings. The number of methoxy groups -OCH3 is 1. The first-order valence-electron chi connectivity index (χ1n) is 11.0. The van der Waals surface area contributed by atoms with E-state index in [0.29, 0.717) is 43.0 Å². The van der Waals surface area contributed by atoms with Gasteiger partial charge in [0.1, 0.15) is 5.75 Å². The number of piperazine rings is 1. The van der Waals surface area contributed by atoms with Gasteiger partial charge in [-0.15, -0.1) is 0 Å². The van der Waals surface area contributed by atoms with Crippen LogP contribution in [-0.4, -0.2) is 59.5 Å². The topological polar surface area (TPSA) is 97.0 Å². The second kappa shape index (κ2) is 9.50. The number of oxazole rings is 1. The lowest BCUT2D eigenvalue weighted by Gasteiger charge is -2.41. The van der Waals surface area contributed by atoms with Gasteiger partial charge in [-0.1, -0.05) is 12.1 Å². The van der Waals surface area contributed by atoms with Gasteiger partial charge in [0.2, 0.25) is 11.8 Å². The Labute approximate surface area is 191 Å². The Morgan fingerprint density at radius 2 is 1.91 bits per heavy atom. The Kier molecular flexibility index (Phi) is 6.50. The molecule has 0 spiro atoms. The van der Waals surface area contributed by atoms with Crippen LogP contribution < -0.4 is 15.8 Å². The Morgan fingerprint density at radius 3 is 2.58 bits per heavy atom. The molecule has 0 saturated carbocycles. The smallest absolute Gasteiger partial charge is 0.419 e. The van der Waals surface area contributed by atoms with Gasteiger partial charge in [-0.3, -0.25) is 19.1 Å². The van der Waals surface area contributed by atoms with Gasteiger partial charge in [0.05, 0.1) is 25.2 Å². The highest BCUT2D eigenvalue weighted by Gasteiger charge is 2.30. The summed E-state index contributed by atoms with van der Waals surface area (Å²) in [6.45, 7) is 5.84. The van der Waals surface area contributed by atoms with Crippen LogP contribution in [0.5, 0.6) is 5.75 Å². The summed E-state index contributed by atoms with van der Waals surface area (Å²) in [5.74, 6) is 0.177. The summed E-state index contributed by atoms with van der Waals surface area (Å²) >= 11 is 0. The van der Waals surface area contributed by atoms with E-state index in [1.807, 2.05) is 41.0 Å².